The summed E-state index contributed by atoms with van der Waals surface area (Å²) in [5, 5.41) is 0.993. The van der Waals surface area contributed by atoms with E-state index in [4.69, 9.17) is 10.7 Å². The van der Waals surface area contributed by atoms with Crippen molar-refractivity contribution in [3.8, 4) is 0 Å². The van der Waals surface area contributed by atoms with Gasteiger partial charge in [0.1, 0.15) is 16.5 Å². The van der Waals surface area contributed by atoms with E-state index in [1.807, 2.05) is 11.8 Å². The van der Waals surface area contributed by atoms with Crippen molar-refractivity contribution in [1.82, 2.24) is 14.9 Å². The lowest BCUT2D eigenvalue weighted by Gasteiger charge is -2.30. The van der Waals surface area contributed by atoms with E-state index in [1.54, 1.807) is 11.3 Å². The smallest absolute Gasteiger partial charge is 0.150 e. The van der Waals surface area contributed by atoms with Crippen LogP contribution >= 0.6 is 23.1 Å². The minimum absolute atomic E-state index is 0.290. The largest absolute Gasteiger partial charge is 0.383 e. The molecule has 0 saturated carbocycles. The minimum Gasteiger partial charge on any atom is -0.383 e. The number of aromatic nitrogens is 2. The normalized spacial score (nSPS) is 21.6. The van der Waals surface area contributed by atoms with Crippen LogP contribution < -0.4 is 5.73 Å². The zero-order valence-corrected chi connectivity index (χ0v) is 12.1. The molecule has 0 radical (unpaired) electrons. The lowest BCUT2D eigenvalue weighted by atomic mass is 10.2. The number of nitrogens with zero attached hydrogens (tertiary/aromatic N) is 3. The minimum atomic E-state index is 0.290. The Morgan fingerprint density at radius 2 is 2.28 bits per heavy atom. The fourth-order valence-electron chi connectivity index (χ4n) is 2.19. The zero-order valence-electron chi connectivity index (χ0n) is 10.5. The predicted molar refractivity (Wildman–Crippen MR) is 79.3 cm³/mol. The van der Waals surface area contributed by atoms with Crippen LogP contribution in [0, 0.1) is 6.92 Å². The molecule has 1 atom stereocenters. The Hall–Kier alpha value is -0.850. The summed E-state index contributed by atoms with van der Waals surface area (Å²) in [6.45, 7) is 3.16. The van der Waals surface area contributed by atoms with Crippen LogP contribution in [-0.2, 0) is 0 Å². The van der Waals surface area contributed by atoms with Gasteiger partial charge >= 0.3 is 0 Å². The number of aryl methyl sites for hydroxylation is 1. The average Bonchev–Trinajstić information content (AvgIpc) is 2.71. The molecule has 3 heterocycles. The van der Waals surface area contributed by atoms with Crippen LogP contribution in [0.5, 0.6) is 0 Å². The van der Waals surface area contributed by atoms with E-state index >= 15 is 0 Å². The van der Waals surface area contributed by atoms with Gasteiger partial charge in [-0.3, -0.25) is 4.90 Å². The molecule has 0 amide bonds. The number of anilines is 1. The molecular weight excluding hydrogens is 264 g/mol. The first-order valence-corrected chi connectivity index (χ1v) is 7.94. The first kappa shape index (κ1) is 12.2. The molecule has 4 nitrogen and oxygen atoms in total. The summed E-state index contributed by atoms with van der Waals surface area (Å²) in [5.41, 5.74) is 6.05. The van der Waals surface area contributed by atoms with Gasteiger partial charge in [-0.25, -0.2) is 9.97 Å². The van der Waals surface area contributed by atoms with Crippen LogP contribution in [-0.4, -0.2) is 40.0 Å². The first-order chi connectivity index (χ1) is 8.65. The molecule has 3 rings (SSSR count). The summed E-state index contributed by atoms with van der Waals surface area (Å²) >= 11 is 3.65. The molecule has 96 valence electrons. The van der Waals surface area contributed by atoms with E-state index < -0.39 is 0 Å². The molecule has 18 heavy (non-hydrogen) atoms. The molecule has 1 aliphatic heterocycles. The number of rotatable bonds is 1. The molecule has 1 aliphatic rings. The molecule has 0 spiro atoms. The summed E-state index contributed by atoms with van der Waals surface area (Å²) in [7, 11) is 2.13. The lowest BCUT2D eigenvalue weighted by molar-refractivity contribution is 0.265. The second-order valence-electron chi connectivity index (χ2n) is 4.61. The summed E-state index contributed by atoms with van der Waals surface area (Å²) in [5.74, 6) is 3.72. The highest BCUT2D eigenvalue weighted by Gasteiger charge is 2.24. The Morgan fingerprint density at radius 3 is 3.06 bits per heavy atom. The van der Waals surface area contributed by atoms with Crippen LogP contribution in [0.4, 0.5) is 5.82 Å². The van der Waals surface area contributed by atoms with E-state index in [0.717, 1.165) is 28.3 Å². The SMILES string of the molecule is Cc1cc2c(N)nc(C3CSCCN3C)nc2s1. The Kier molecular flexibility index (Phi) is 3.17. The van der Waals surface area contributed by atoms with E-state index in [9.17, 15) is 0 Å². The monoisotopic (exact) mass is 280 g/mol. The van der Waals surface area contributed by atoms with Crippen LogP contribution in [0.2, 0.25) is 0 Å². The van der Waals surface area contributed by atoms with Gasteiger partial charge in [-0.05, 0) is 20.0 Å². The Morgan fingerprint density at radius 1 is 1.44 bits per heavy atom. The number of fused-ring (bicyclic) bond motifs is 1. The predicted octanol–water partition coefficient (Wildman–Crippen LogP) is 2.30. The van der Waals surface area contributed by atoms with Crippen molar-refractivity contribution in [2.45, 2.75) is 13.0 Å². The molecule has 2 aromatic heterocycles. The van der Waals surface area contributed by atoms with Crippen molar-refractivity contribution >= 4 is 39.1 Å². The summed E-state index contributed by atoms with van der Waals surface area (Å²) in [6, 6.07) is 2.36. The zero-order chi connectivity index (χ0) is 12.7. The quantitative estimate of drug-likeness (QED) is 0.868. The van der Waals surface area contributed by atoms with Crippen LogP contribution in [0.25, 0.3) is 10.2 Å². The lowest BCUT2D eigenvalue weighted by Crippen LogP contribution is -2.33. The average molecular weight is 280 g/mol. The van der Waals surface area contributed by atoms with E-state index in [2.05, 4.69) is 29.9 Å². The van der Waals surface area contributed by atoms with Crippen LogP contribution in [0.1, 0.15) is 16.7 Å². The van der Waals surface area contributed by atoms with E-state index in [1.165, 1.54) is 10.6 Å². The van der Waals surface area contributed by atoms with Crippen molar-refractivity contribution in [3.63, 3.8) is 0 Å². The van der Waals surface area contributed by atoms with Crippen molar-refractivity contribution in [2.75, 3.05) is 30.8 Å². The number of nitrogens with two attached hydrogens (primary N) is 1. The summed E-state index contributed by atoms with van der Waals surface area (Å²) in [4.78, 5) is 13.8. The number of thiophene rings is 1. The van der Waals surface area contributed by atoms with E-state index in [-0.39, 0.29) is 6.04 Å². The van der Waals surface area contributed by atoms with Crippen LogP contribution in [0.3, 0.4) is 0 Å². The maximum Gasteiger partial charge on any atom is 0.150 e. The Bertz CT molecular complexity index is 581. The summed E-state index contributed by atoms with van der Waals surface area (Å²) < 4.78 is 0. The van der Waals surface area contributed by atoms with Crippen molar-refractivity contribution in [3.05, 3.63) is 16.8 Å². The van der Waals surface area contributed by atoms with Crippen molar-refractivity contribution < 1.29 is 0 Å². The second-order valence-corrected chi connectivity index (χ2v) is 7.00. The topological polar surface area (TPSA) is 55.0 Å². The van der Waals surface area contributed by atoms with E-state index in [0.29, 0.717) is 5.82 Å². The molecule has 2 N–H and O–H groups in total. The Balaban J connectivity index is 2.06. The van der Waals surface area contributed by atoms with Crippen LogP contribution in [0.15, 0.2) is 6.07 Å². The molecular formula is C12H16N4S2. The van der Waals surface area contributed by atoms with Gasteiger partial charge in [-0.1, -0.05) is 0 Å². The highest BCUT2D eigenvalue weighted by atomic mass is 32.2. The molecule has 2 aromatic rings. The number of hydrogen-bond acceptors (Lipinski definition) is 6. The highest BCUT2D eigenvalue weighted by Crippen LogP contribution is 2.31. The summed E-state index contributed by atoms with van der Waals surface area (Å²) in [6.07, 6.45) is 0. The second kappa shape index (κ2) is 4.68. The first-order valence-electron chi connectivity index (χ1n) is 5.96. The van der Waals surface area contributed by atoms with Gasteiger partial charge in [-0.2, -0.15) is 11.8 Å². The third-order valence-electron chi connectivity index (χ3n) is 3.26. The van der Waals surface area contributed by atoms with Gasteiger partial charge in [0.15, 0.2) is 0 Å². The molecule has 0 bridgehead atoms. The van der Waals surface area contributed by atoms with Gasteiger partial charge in [0, 0.05) is 22.9 Å². The highest BCUT2D eigenvalue weighted by molar-refractivity contribution is 7.99. The van der Waals surface area contributed by atoms with Gasteiger partial charge in [0.25, 0.3) is 0 Å². The third-order valence-corrected chi connectivity index (χ3v) is 5.22. The van der Waals surface area contributed by atoms with Gasteiger partial charge < -0.3 is 5.73 Å². The van der Waals surface area contributed by atoms with Gasteiger partial charge in [-0.15, -0.1) is 11.3 Å². The fourth-order valence-corrected chi connectivity index (χ4v) is 4.29. The van der Waals surface area contributed by atoms with Crippen molar-refractivity contribution in [1.29, 1.82) is 0 Å². The fraction of sp³-hybridized carbons (Fsp3) is 0.500. The molecule has 0 aromatic carbocycles. The number of nitrogen functional groups attached to an aromatic ring is 1. The maximum atomic E-state index is 6.05. The molecule has 6 heteroatoms. The molecule has 1 unspecified atom stereocenters. The van der Waals surface area contributed by atoms with Gasteiger partial charge in [0.05, 0.1) is 11.4 Å². The molecule has 0 aliphatic carbocycles. The Labute approximate surface area is 115 Å². The molecule has 1 fully saturated rings. The standard InChI is InChI=1S/C12H16N4S2/c1-7-5-8-10(13)14-11(15-12(8)18-7)9-6-17-4-3-16(9)2/h5,9H,3-4,6H2,1-2H3,(H2,13,14,15). The van der Waals surface area contributed by atoms with Gasteiger partial charge in [0.2, 0.25) is 0 Å². The number of hydrogen-bond donors (Lipinski definition) is 1. The number of thioether (sulfide) groups is 1. The third kappa shape index (κ3) is 2.08. The van der Waals surface area contributed by atoms with Crippen molar-refractivity contribution in [2.24, 2.45) is 0 Å². The molecule has 1 saturated heterocycles. The maximum absolute atomic E-state index is 6.05.